The number of aliphatic hydroxyl groups excluding tert-OH is 1. The molecule has 0 heterocycles. The van der Waals surface area contributed by atoms with Gasteiger partial charge in [0.2, 0.25) is 5.91 Å². The lowest BCUT2D eigenvalue weighted by molar-refractivity contribution is -0.115. The van der Waals surface area contributed by atoms with E-state index in [1.54, 1.807) is 36.4 Å². The number of aliphatic hydroxyl groups is 1. The SMILES string of the molecule is O=C(CNCCO)Nc1ccc(C(=O)c2ccccc2)cc1. The molecule has 5 nitrogen and oxygen atoms in total. The van der Waals surface area contributed by atoms with Crippen molar-refractivity contribution in [3.8, 4) is 0 Å². The van der Waals surface area contributed by atoms with E-state index in [-0.39, 0.29) is 24.8 Å². The molecule has 5 heteroatoms. The molecule has 0 atom stereocenters. The summed E-state index contributed by atoms with van der Waals surface area (Å²) in [5.41, 5.74) is 1.83. The number of hydrogen-bond donors (Lipinski definition) is 3. The third-order valence-corrected chi connectivity index (χ3v) is 3.04. The molecule has 0 radical (unpaired) electrons. The van der Waals surface area contributed by atoms with Gasteiger partial charge < -0.3 is 15.7 Å². The molecule has 2 aromatic carbocycles. The molecule has 114 valence electrons. The molecule has 0 aliphatic carbocycles. The van der Waals surface area contributed by atoms with Gasteiger partial charge in [-0.2, -0.15) is 0 Å². The molecule has 1 amide bonds. The Morgan fingerprint density at radius 2 is 1.55 bits per heavy atom. The molecular weight excluding hydrogens is 280 g/mol. The van der Waals surface area contributed by atoms with Gasteiger partial charge in [0.05, 0.1) is 13.2 Å². The first-order chi connectivity index (χ1) is 10.7. The summed E-state index contributed by atoms with van der Waals surface area (Å²) in [7, 11) is 0. The predicted octanol–water partition coefficient (Wildman–Crippen LogP) is 1.44. The molecule has 0 aliphatic heterocycles. The van der Waals surface area contributed by atoms with Gasteiger partial charge in [-0.1, -0.05) is 30.3 Å². The van der Waals surface area contributed by atoms with E-state index in [1.165, 1.54) is 0 Å². The molecule has 2 rings (SSSR count). The summed E-state index contributed by atoms with van der Waals surface area (Å²) in [5.74, 6) is -0.251. The molecule has 3 N–H and O–H groups in total. The summed E-state index contributed by atoms with van der Waals surface area (Å²) in [4.78, 5) is 23.8. The van der Waals surface area contributed by atoms with Crippen LogP contribution in [0.2, 0.25) is 0 Å². The zero-order valence-corrected chi connectivity index (χ0v) is 12.1. The maximum absolute atomic E-state index is 12.2. The van der Waals surface area contributed by atoms with Crippen LogP contribution in [0.15, 0.2) is 54.6 Å². The standard InChI is InChI=1S/C17H18N2O3/c20-11-10-18-12-16(21)19-15-8-6-14(7-9-15)17(22)13-4-2-1-3-5-13/h1-9,18,20H,10-12H2,(H,19,21). The van der Waals surface area contributed by atoms with E-state index in [1.807, 2.05) is 18.2 Å². The smallest absolute Gasteiger partial charge is 0.238 e. The summed E-state index contributed by atoms with van der Waals surface area (Å²) >= 11 is 0. The molecule has 0 saturated heterocycles. The monoisotopic (exact) mass is 298 g/mol. The topological polar surface area (TPSA) is 78.4 Å². The maximum atomic E-state index is 12.2. The van der Waals surface area contributed by atoms with Crippen molar-refractivity contribution >= 4 is 17.4 Å². The van der Waals surface area contributed by atoms with E-state index in [9.17, 15) is 9.59 Å². The van der Waals surface area contributed by atoms with Crippen molar-refractivity contribution in [2.24, 2.45) is 0 Å². The molecule has 0 saturated carbocycles. The first-order valence-electron chi connectivity index (χ1n) is 7.02. The Balaban J connectivity index is 1.96. The number of amides is 1. The zero-order valence-electron chi connectivity index (χ0n) is 12.1. The van der Waals surface area contributed by atoms with Crippen molar-refractivity contribution < 1.29 is 14.7 Å². The Bertz CT molecular complexity index is 624. The quantitative estimate of drug-likeness (QED) is 0.534. The third kappa shape index (κ3) is 4.51. The average molecular weight is 298 g/mol. The van der Waals surface area contributed by atoms with Crippen molar-refractivity contribution in [3.63, 3.8) is 0 Å². The molecule has 0 aromatic heterocycles. The molecule has 0 fully saturated rings. The van der Waals surface area contributed by atoms with Gasteiger partial charge in [0.15, 0.2) is 5.78 Å². The van der Waals surface area contributed by atoms with Gasteiger partial charge in [0.25, 0.3) is 0 Å². The fourth-order valence-electron chi connectivity index (χ4n) is 1.95. The van der Waals surface area contributed by atoms with Crippen molar-refractivity contribution in [1.82, 2.24) is 5.32 Å². The van der Waals surface area contributed by atoms with E-state index >= 15 is 0 Å². The van der Waals surface area contributed by atoms with Gasteiger partial charge in [-0.25, -0.2) is 0 Å². The second kappa shape index (κ2) is 8.07. The van der Waals surface area contributed by atoms with Gasteiger partial charge >= 0.3 is 0 Å². The van der Waals surface area contributed by atoms with Crippen molar-refractivity contribution in [1.29, 1.82) is 0 Å². The molecule has 0 bridgehead atoms. The van der Waals surface area contributed by atoms with Crippen molar-refractivity contribution in [2.45, 2.75) is 0 Å². The Hall–Kier alpha value is -2.50. The Morgan fingerprint density at radius 3 is 2.18 bits per heavy atom. The second-order valence-electron chi connectivity index (χ2n) is 4.72. The third-order valence-electron chi connectivity index (χ3n) is 3.04. The van der Waals surface area contributed by atoms with E-state index in [0.29, 0.717) is 23.4 Å². The summed E-state index contributed by atoms with van der Waals surface area (Å²) in [6, 6.07) is 15.8. The van der Waals surface area contributed by atoms with Gasteiger partial charge in [0.1, 0.15) is 0 Å². The highest BCUT2D eigenvalue weighted by Gasteiger charge is 2.08. The molecule has 0 unspecified atom stereocenters. The van der Waals surface area contributed by atoms with Crippen LogP contribution in [-0.4, -0.2) is 36.5 Å². The summed E-state index contributed by atoms with van der Waals surface area (Å²) < 4.78 is 0. The van der Waals surface area contributed by atoms with Crippen LogP contribution in [0.4, 0.5) is 5.69 Å². The highest BCUT2D eigenvalue weighted by Crippen LogP contribution is 2.13. The minimum atomic E-state index is -0.199. The number of carbonyl (C=O) groups is 2. The Morgan fingerprint density at radius 1 is 0.909 bits per heavy atom. The van der Waals surface area contributed by atoms with Crippen LogP contribution in [0.5, 0.6) is 0 Å². The number of nitrogens with one attached hydrogen (secondary N) is 2. The minimum Gasteiger partial charge on any atom is -0.395 e. The van der Waals surface area contributed by atoms with Crippen LogP contribution in [0.3, 0.4) is 0 Å². The van der Waals surface area contributed by atoms with Gasteiger partial charge in [0, 0.05) is 23.4 Å². The van der Waals surface area contributed by atoms with Crippen LogP contribution in [0, 0.1) is 0 Å². The summed E-state index contributed by atoms with van der Waals surface area (Å²) in [5, 5.41) is 14.1. The van der Waals surface area contributed by atoms with Crippen LogP contribution in [0.1, 0.15) is 15.9 Å². The maximum Gasteiger partial charge on any atom is 0.238 e. The van der Waals surface area contributed by atoms with E-state index in [0.717, 1.165) is 0 Å². The summed E-state index contributed by atoms with van der Waals surface area (Å²) in [6.45, 7) is 0.493. The van der Waals surface area contributed by atoms with Crippen LogP contribution >= 0.6 is 0 Å². The fourth-order valence-corrected chi connectivity index (χ4v) is 1.95. The van der Waals surface area contributed by atoms with Gasteiger partial charge in [-0.05, 0) is 24.3 Å². The lowest BCUT2D eigenvalue weighted by Gasteiger charge is -2.07. The lowest BCUT2D eigenvalue weighted by atomic mass is 10.0. The highest BCUT2D eigenvalue weighted by molar-refractivity contribution is 6.09. The van der Waals surface area contributed by atoms with Crippen molar-refractivity contribution in [2.75, 3.05) is 25.0 Å². The lowest BCUT2D eigenvalue weighted by Crippen LogP contribution is -2.29. The van der Waals surface area contributed by atoms with E-state index < -0.39 is 0 Å². The minimum absolute atomic E-state index is 0.0103. The normalized spacial score (nSPS) is 10.2. The fraction of sp³-hybridized carbons (Fsp3) is 0.176. The Kier molecular flexibility index (Phi) is 5.82. The molecular formula is C17H18N2O3. The number of rotatable bonds is 7. The number of carbonyl (C=O) groups excluding carboxylic acids is 2. The number of hydrogen-bond acceptors (Lipinski definition) is 4. The van der Waals surface area contributed by atoms with E-state index in [2.05, 4.69) is 10.6 Å². The second-order valence-corrected chi connectivity index (χ2v) is 4.72. The highest BCUT2D eigenvalue weighted by atomic mass is 16.3. The predicted molar refractivity (Wildman–Crippen MR) is 84.9 cm³/mol. The number of benzene rings is 2. The number of ketones is 1. The summed E-state index contributed by atoms with van der Waals surface area (Å²) in [6.07, 6.45) is 0. The molecule has 0 aliphatic rings. The first-order valence-corrected chi connectivity index (χ1v) is 7.02. The molecule has 0 spiro atoms. The Labute approximate surface area is 129 Å². The van der Waals surface area contributed by atoms with E-state index in [4.69, 9.17) is 5.11 Å². The van der Waals surface area contributed by atoms with Gasteiger partial charge in [-0.3, -0.25) is 9.59 Å². The first kappa shape index (κ1) is 15.9. The molecule has 2 aromatic rings. The van der Waals surface area contributed by atoms with Crippen LogP contribution in [0.25, 0.3) is 0 Å². The molecule has 22 heavy (non-hydrogen) atoms. The zero-order chi connectivity index (χ0) is 15.8. The van der Waals surface area contributed by atoms with Crippen LogP contribution in [-0.2, 0) is 4.79 Å². The van der Waals surface area contributed by atoms with Crippen molar-refractivity contribution in [3.05, 3.63) is 65.7 Å². The van der Waals surface area contributed by atoms with Gasteiger partial charge in [-0.15, -0.1) is 0 Å². The average Bonchev–Trinajstić information content (AvgIpc) is 2.56. The largest absolute Gasteiger partial charge is 0.395 e. The number of anilines is 1. The van der Waals surface area contributed by atoms with Crippen LogP contribution < -0.4 is 10.6 Å².